The minimum atomic E-state index is -1.19. The van der Waals surface area contributed by atoms with Crippen molar-refractivity contribution in [2.75, 3.05) is 25.6 Å². The topological polar surface area (TPSA) is 241 Å². The fourth-order valence-electron chi connectivity index (χ4n) is 2.22. The molecule has 0 radical (unpaired) electrons. The molecule has 1 saturated heterocycles. The fraction of sp³-hybridized carbons (Fsp3) is 0.706. The van der Waals surface area contributed by atoms with Crippen molar-refractivity contribution in [3.63, 3.8) is 0 Å². The number of hydrogen-bond donors (Lipinski definition) is 9. The van der Waals surface area contributed by atoms with Crippen LogP contribution in [0.25, 0.3) is 11.2 Å². The van der Waals surface area contributed by atoms with Gasteiger partial charge in [-0.05, 0) is 13.8 Å². The van der Waals surface area contributed by atoms with Crippen LogP contribution in [0.15, 0.2) is 12.7 Å². The summed E-state index contributed by atoms with van der Waals surface area (Å²) in [7, 11) is 0. The summed E-state index contributed by atoms with van der Waals surface area (Å²) in [6, 6.07) is 0. The van der Waals surface area contributed by atoms with Gasteiger partial charge in [-0.2, -0.15) is 0 Å². The fourth-order valence-corrected chi connectivity index (χ4v) is 2.22. The number of ether oxygens (including phenoxy) is 1. The normalized spacial score (nSPS) is 24.9. The highest BCUT2D eigenvalue weighted by molar-refractivity contribution is 5.81. The first-order valence-corrected chi connectivity index (χ1v) is 9.40. The van der Waals surface area contributed by atoms with Gasteiger partial charge < -0.3 is 51.3 Å². The summed E-state index contributed by atoms with van der Waals surface area (Å²) < 4.78 is 6.85. The minimum Gasteiger partial charge on any atom is -0.394 e. The Morgan fingerprint density at radius 1 is 1.00 bits per heavy atom. The molecule has 0 saturated carbocycles. The molecule has 0 amide bonds. The van der Waals surface area contributed by atoms with Crippen molar-refractivity contribution in [1.29, 1.82) is 0 Å². The summed E-state index contributed by atoms with van der Waals surface area (Å²) in [5.41, 5.74) is 6.44. The maximum absolute atomic E-state index is 9.95. The Morgan fingerprint density at radius 2 is 1.58 bits per heavy atom. The predicted molar refractivity (Wildman–Crippen MR) is 106 cm³/mol. The van der Waals surface area contributed by atoms with E-state index in [-0.39, 0.29) is 19.0 Å². The van der Waals surface area contributed by atoms with Gasteiger partial charge >= 0.3 is 0 Å². The van der Waals surface area contributed by atoms with Crippen molar-refractivity contribution in [3.05, 3.63) is 12.7 Å². The van der Waals surface area contributed by atoms with Gasteiger partial charge in [0.2, 0.25) is 0 Å². The van der Waals surface area contributed by atoms with E-state index in [9.17, 15) is 10.2 Å². The quantitative estimate of drug-likeness (QED) is 0.212. The molecule has 0 bridgehead atoms. The van der Waals surface area contributed by atoms with Crippen LogP contribution in [0.3, 0.4) is 0 Å². The number of imidazole rings is 1. The van der Waals surface area contributed by atoms with Gasteiger partial charge in [-0.3, -0.25) is 4.57 Å². The van der Waals surface area contributed by atoms with Gasteiger partial charge in [0.25, 0.3) is 0 Å². The van der Waals surface area contributed by atoms with Gasteiger partial charge in [0.1, 0.15) is 36.3 Å². The van der Waals surface area contributed by atoms with Crippen LogP contribution in [-0.2, 0) is 4.74 Å². The molecule has 1 aliphatic rings. The number of aliphatic hydroxyl groups is 8. The zero-order valence-electron chi connectivity index (χ0n) is 17.2. The maximum Gasteiger partial charge on any atom is 0.167 e. The molecule has 3 rings (SSSR count). The van der Waals surface area contributed by atoms with Crippen molar-refractivity contribution in [2.45, 2.75) is 56.7 Å². The van der Waals surface area contributed by atoms with Gasteiger partial charge in [-0.25, -0.2) is 15.0 Å². The number of fused-ring (bicyclic) bond motifs is 1. The highest BCUT2D eigenvalue weighted by atomic mass is 16.6. The number of nitrogen functional groups attached to an aromatic ring is 1. The van der Waals surface area contributed by atoms with Gasteiger partial charge in [0.05, 0.1) is 38.4 Å². The maximum atomic E-state index is 9.95. The Morgan fingerprint density at radius 3 is 2.00 bits per heavy atom. The van der Waals surface area contributed by atoms with Gasteiger partial charge in [-0.1, -0.05) is 0 Å². The third-order valence-electron chi connectivity index (χ3n) is 4.30. The third kappa shape index (κ3) is 7.27. The highest BCUT2D eigenvalue weighted by Crippen LogP contribution is 2.31. The number of aromatic nitrogens is 4. The summed E-state index contributed by atoms with van der Waals surface area (Å²) in [4.78, 5) is 11.9. The zero-order valence-corrected chi connectivity index (χ0v) is 17.2. The molecule has 31 heavy (non-hydrogen) atoms. The van der Waals surface area contributed by atoms with E-state index < -0.39 is 49.5 Å². The monoisotopic (exact) mass is 449 g/mol. The van der Waals surface area contributed by atoms with E-state index in [1.54, 1.807) is 13.8 Å². The largest absolute Gasteiger partial charge is 0.394 e. The van der Waals surface area contributed by atoms with Crippen molar-refractivity contribution in [3.8, 4) is 0 Å². The van der Waals surface area contributed by atoms with E-state index in [1.807, 2.05) is 0 Å². The van der Waals surface area contributed by atoms with Crippen LogP contribution < -0.4 is 5.73 Å². The van der Waals surface area contributed by atoms with E-state index in [0.717, 1.165) is 0 Å². The van der Waals surface area contributed by atoms with E-state index in [2.05, 4.69) is 15.0 Å². The summed E-state index contributed by atoms with van der Waals surface area (Å²) in [6.07, 6.45) is -3.56. The summed E-state index contributed by atoms with van der Waals surface area (Å²) in [5, 5.41) is 69.5. The summed E-state index contributed by atoms with van der Waals surface area (Å²) in [5.74, 6) is 0.218. The van der Waals surface area contributed by atoms with Crippen LogP contribution in [0.2, 0.25) is 0 Å². The van der Waals surface area contributed by atoms with E-state index in [4.69, 9.17) is 41.1 Å². The second-order valence-corrected chi connectivity index (χ2v) is 6.81. The highest BCUT2D eigenvalue weighted by Gasteiger charge is 2.43. The van der Waals surface area contributed by atoms with Crippen LogP contribution >= 0.6 is 0 Å². The Hall–Kier alpha value is -2.01. The van der Waals surface area contributed by atoms with Crippen LogP contribution in [-0.4, -0.2) is 117 Å². The molecule has 0 aliphatic carbocycles. The van der Waals surface area contributed by atoms with Crippen molar-refractivity contribution >= 4 is 17.0 Å². The summed E-state index contributed by atoms with van der Waals surface area (Å²) >= 11 is 0. The van der Waals surface area contributed by atoms with Crippen molar-refractivity contribution < 1.29 is 45.6 Å². The lowest BCUT2D eigenvalue weighted by Crippen LogP contribution is -2.33. The summed E-state index contributed by atoms with van der Waals surface area (Å²) in [6.45, 7) is 1.97. The zero-order chi connectivity index (χ0) is 23.7. The Labute approximate surface area is 177 Å². The smallest absolute Gasteiger partial charge is 0.167 e. The Balaban J connectivity index is 0.000000333. The van der Waals surface area contributed by atoms with Crippen LogP contribution in [0, 0.1) is 0 Å². The van der Waals surface area contributed by atoms with Crippen LogP contribution in [0.4, 0.5) is 5.82 Å². The Kier molecular flexibility index (Phi) is 11.1. The molecular weight excluding hydrogens is 418 g/mol. The first-order chi connectivity index (χ1) is 14.6. The number of nitrogens with two attached hydrogens (primary N) is 1. The second kappa shape index (κ2) is 12.7. The molecule has 0 aromatic carbocycles. The molecule has 14 nitrogen and oxygen atoms in total. The second-order valence-electron chi connectivity index (χ2n) is 6.81. The first kappa shape index (κ1) is 27.0. The van der Waals surface area contributed by atoms with Gasteiger partial charge in [0.15, 0.2) is 17.7 Å². The number of nitrogens with zero attached hydrogens (tertiary/aromatic N) is 4. The lowest BCUT2D eigenvalue weighted by Gasteiger charge is -2.16. The van der Waals surface area contributed by atoms with E-state index in [0.29, 0.717) is 11.2 Å². The molecule has 2 aromatic heterocycles. The molecule has 0 spiro atoms. The van der Waals surface area contributed by atoms with Crippen LogP contribution in [0.1, 0.15) is 20.1 Å². The van der Waals surface area contributed by atoms with Gasteiger partial charge in [-0.15, -0.1) is 0 Å². The van der Waals surface area contributed by atoms with E-state index >= 15 is 0 Å². The molecule has 1 aliphatic heterocycles. The average Bonchev–Trinajstić information content (AvgIpc) is 3.30. The molecule has 2 unspecified atom stereocenters. The lowest BCUT2D eigenvalue weighted by atomic mass is 10.1. The number of aliphatic hydroxyl groups excluding tert-OH is 8. The Bertz CT molecular complexity index is 766. The first-order valence-electron chi connectivity index (χ1n) is 9.40. The molecule has 2 aromatic rings. The number of rotatable bonds is 5. The molecule has 178 valence electrons. The van der Waals surface area contributed by atoms with Gasteiger partial charge in [0, 0.05) is 0 Å². The molecule has 3 heterocycles. The molecule has 6 atom stereocenters. The number of anilines is 1. The average molecular weight is 449 g/mol. The lowest BCUT2D eigenvalue weighted by molar-refractivity contribution is -0.0511. The molecule has 14 heteroatoms. The minimum absolute atomic E-state index is 0.218. The van der Waals surface area contributed by atoms with E-state index in [1.165, 1.54) is 17.2 Å². The van der Waals surface area contributed by atoms with Crippen LogP contribution in [0.5, 0.6) is 0 Å². The SMILES string of the molecule is CC(O)C(C)O.Nc1ncnc2c1ncn2[C@@H]1O[C@H](CO)[C@@H](O)[C@H]1O.OCC(O)CO. The standard InChI is InChI=1S/C10H13N5O4.C4H10O2.C3H8O3/c11-8-5-9(13-2-12-8)15(3-14-5)10-7(18)6(17)4(1-16)19-10;1-3(5)4(2)6;4-1-3(6)2-5/h2-4,6-7,10,16-18H,1H2,(H2,11,12,13);3-6H,1-2H3;3-6H,1-2H2/t4-,6-,7-,10-;;/m1../s1. The third-order valence-corrected chi connectivity index (χ3v) is 4.30. The number of hydrogen-bond acceptors (Lipinski definition) is 13. The van der Waals surface area contributed by atoms with Crippen molar-refractivity contribution in [1.82, 2.24) is 19.5 Å². The van der Waals surface area contributed by atoms with Crippen molar-refractivity contribution in [2.24, 2.45) is 0 Å². The predicted octanol–water partition coefficient (Wildman–Crippen LogP) is -3.90. The molecule has 1 fully saturated rings. The molecule has 10 N–H and O–H groups in total. The molecular formula is C17H31N5O9.